The number of unbranched alkanes of at least 4 members (excludes halogenated alkanes) is 8. The molecule has 0 aliphatic rings. The Hall–Kier alpha value is -0.570. The van der Waals surface area contributed by atoms with Crippen molar-refractivity contribution in [1.82, 2.24) is 0 Å². The summed E-state index contributed by atoms with van der Waals surface area (Å²) in [5, 5.41) is 0. The molecule has 278 valence electrons. The number of carbonyl (C=O) groups excluding carboxylic acids is 1. The van der Waals surface area contributed by atoms with Crippen LogP contribution in [0.2, 0.25) is 0 Å². The summed E-state index contributed by atoms with van der Waals surface area (Å²) in [7, 11) is -5.80. The first-order valence-corrected chi connectivity index (χ1v) is 16.1. The molecule has 0 aromatic heterocycles. The van der Waals surface area contributed by atoms with Crippen molar-refractivity contribution in [3.05, 3.63) is 40.1 Å². The molecule has 1 aromatic carbocycles. The van der Waals surface area contributed by atoms with Gasteiger partial charge in [-0.05, 0) is 41.7 Å². The summed E-state index contributed by atoms with van der Waals surface area (Å²) in [6.45, 7) is 17.5. The van der Waals surface area contributed by atoms with Gasteiger partial charge in [0.05, 0.1) is 5.91 Å². The second-order valence-corrected chi connectivity index (χ2v) is 13.3. The molecule has 0 fully saturated rings. The van der Waals surface area contributed by atoms with Crippen LogP contribution in [0.4, 0.5) is 13.2 Å². The summed E-state index contributed by atoms with van der Waals surface area (Å²) in [5.74, 6) is 0.806. The second kappa shape index (κ2) is 38.9. The van der Waals surface area contributed by atoms with Gasteiger partial charge in [-0.1, -0.05) is 188 Å². The van der Waals surface area contributed by atoms with Crippen molar-refractivity contribution < 1.29 is 55.9 Å². The quantitative estimate of drug-likeness (QED) is 0.135. The Morgan fingerprint density at radius 3 is 1.35 bits per heavy atom. The fraction of sp³-hybridized carbons (Fsp3) is 0.811. The van der Waals surface area contributed by atoms with Crippen LogP contribution in [0.25, 0.3) is 4.72 Å². The molecule has 9 heteroatoms. The molecule has 46 heavy (non-hydrogen) atoms. The van der Waals surface area contributed by atoms with Crippen LogP contribution in [-0.2, 0) is 16.4 Å². The third kappa shape index (κ3) is 41.5. The van der Waals surface area contributed by atoms with E-state index in [-0.39, 0.29) is 79.7 Å². The molecule has 4 nitrogen and oxygen atoms in total. The molecule has 0 aliphatic carbocycles. The number of hydrogen-bond acceptors (Lipinski definition) is 3. The molecule has 1 rings (SSSR count). The van der Waals surface area contributed by atoms with Crippen molar-refractivity contribution in [2.75, 3.05) is 0 Å². The van der Waals surface area contributed by atoms with Gasteiger partial charge in [0.25, 0.3) is 0 Å². The fourth-order valence-electron chi connectivity index (χ4n) is 3.35. The van der Waals surface area contributed by atoms with Gasteiger partial charge >= 0.3 is 35.1 Å². The summed E-state index contributed by atoms with van der Waals surface area (Å²) in [6, 6.07) is 5.69. The van der Waals surface area contributed by atoms with Crippen LogP contribution in [-0.4, -0.2) is 19.8 Å². The van der Waals surface area contributed by atoms with Gasteiger partial charge < -0.3 is 9.52 Å². The predicted octanol–water partition coefficient (Wildman–Crippen LogP) is 11.7. The Morgan fingerprint density at radius 1 is 0.674 bits per heavy atom. The third-order valence-electron chi connectivity index (χ3n) is 5.59. The van der Waals surface area contributed by atoms with Gasteiger partial charge in [0.1, 0.15) is 0 Å². The molecule has 0 N–H and O–H groups in total. The minimum Gasteiger partial charge on any atom is -0.534 e. The zero-order valence-electron chi connectivity index (χ0n) is 26.7. The van der Waals surface area contributed by atoms with Gasteiger partial charge in [0.15, 0.2) is 10.0 Å². The van der Waals surface area contributed by atoms with Crippen LogP contribution < -0.4 is 29.6 Å². The van der Waals surface area contributed by atoms with E-state index in [1.165, 1.54) is 76.3 Å². The third-order valence-corrected chi connectivity index (χ3v) is 6.58. The van der Waals surface area contributed by atoms with Crippen molar-refractivity contribution in [2.24, 2.45) is 17.8 Å². The molecule has 0 saturated carbocycles. The Kier molecular flexibility index (Phi) is 57.1. The first-order valence-electron chi connectivity index (χ1n) is 14.7. The molecule has 0 unspecified atom stereocenters. The maximum absolute atomic E-state index is 12.1. The number of hydrogen-bond donors (Lipinski definition) is 0. The van der Waals surface area contributed by atoms with Gasteiger partial charge in [0.2, 0.25) is 0 Å². The molecule has 1 amide bonds. The van der Waals surface area contributed by atoms with Crippen molar-refractivity contribution in [3.8, 4) is 0 Å². The van der Waals surface area contributed by atoms with E-state index >= 15 is 0 Å². The van der Waals surface area contributed by atoms with Crippen molar-refractivity contribution in [1.29, 1.82) is 0 Å². The van der Waals surface area contributed by atoms with Crippen LogP contribution in [0.5, 0.6) is 0 Å². The topological polar surface area (TPSA) is 65.3 Å². The minimum atomic E-state index is -5.80. The second-order valence-electron chi connectivity index (χ2n) is 11.7. The van der Waals surface area contributed by atoms with Crippen LogP contribution in [0.1, 0.15) is 187 Å². The maximum atomic E-state index is 12.1. The molecule has 1 aromatic rings. The first kappa shape index (κ1) is 67.6. The minimum absolute atomic E-state index is 0. The van der Waals surface area contributed by atoms with Gasteiger partial charge in [-0.25, -0.2) is 8.42 Å². The van der Waals surface area contributed by atoms with Gasteiger partial charge in [-0.15, -0.1) is 0 Å². The van der Waals surface area contributed by atoms with E-state index < -0.39 is 21.4 Å². The van der Waals surface area contributed by atoms with Crippen molar-refractivity contribution in [2.45, 2.75) is 183 Å². The molecule has 0 saturated heterocycles. The van der Waals surface area contributed by atoms with E-state index in [9.17, 15) is 26.4 Å². The molecular formula is C37H79F3NNaO3S. The maximum Gasteiger partial charge on any atom is 1.00 e. The van der Waals surface area contributed by atoms with E-state index in [0.717, 1.165) is 30.2 Å². The number of alkyl halides is 3. The first-order chi connectivity index (χ1) is 18.0. The average Bonchev–Trinajstić information content (AvgIpc) is 2.81. The number of halogens is 3. The smallest absolute Gasteiger partial charge is 0.534 e. The van der Waals surface area contributed by atoms with E-state index in [1.54, 1.807) is 12.1 Å². The van der Waals surface area contributed by atoms with Crippen LogP contribution in [0.3, 0.4) is 0 Å². The molecule has 0 radical (unpaired) electrons. The van der Waals surface area contributed by atoms with Crippen LogP contribution in [0.15, 0.2) is 24.3 Å². The van der Waals surface area contributed by atoms with Crippen LogP contribution >= 0.6 is 0 Å². The molecule has 0 spiro atoms. The van der Waals surface area contributed by atoms with E-state index in [2.05, 4.69) is 60.1 Å². The Bertz CT molecular complexity index is 840. The summed E-state index contributed by atoms with van der Waals surface area (Å²) < 4.78 is 60.1. The molecule has 0 bridgehead atoms. The van der Waals surface area contributed by atoms with Gasteiger partial charge in [0, 0.05) is 0 Å². The molecular weight excluding hydrogens is 618 g/mol. The number of rotatable bonds is 15. The molecule has 0 atom stereocenters. The zero-order valence-corrected chi connectivity index (χ0v) is 29.6. The Morgan fingerprint density at radius 2 is 1.02 bits per heavy atom. The molecule has 0 aliphatic heterocycles. The number of amides is 1. The average molecular weight is 698 g/mol. The fourth-order valence-corrected chi connectivity index (χ4v) is 3.77. The summed E-state index contributed by atoms with van der Waals surface area (Å²) in [6.07, 6.45) is 16.2. The summed E-state index contributed by atoms with van der Waals surface area (Å²) in [4.78, 5) is 11.4. The van der Waals surface area contributed by atoms with E-state index in [0.29, 0.717) is 5.92 Å². The number of sulfonamides is 1. The van der Waals surface area contributed by atoms with Crippen molar-refractivity contribution >= 4 is 15.9 Å². The normalized spacial score (nSPS) is 9.87. The number of nitrogens with zero attached hydrogens (tertiary/aromatic N) is 1. The summed E-state index contributed by atoms with van der Waals surface area (Å²) >= 11 is 0. The monoisotopic (exact) mass is 698 g/mol. The number of benzene rings is 1. The van der Waals surface area contributed by atoms with Gasteiger partial charge in [-0.3, -0.25) is 0 Å². The number of aryl methyl sites for hydroxylation is 1. The van der Waals surface area contributed by atoms with E-state index in [4.69, 9.17) is 0 Å². The van der Waals surface area contributed by atoms with Crippen LogP contribution in [0, 0.1) is 17.8 Å². The standard InChI is InChI=1S/C14H30.C13H16F3NO3S.C4H10.6CH4.Na/c1-4-5-6-7-8-9-10-11-12-13-14(2)3;1-9(2)3-4-10-5-7-11(8-6-10)12(18)17-21(19,20)13(14,15)16;1-4(2)3;;;;;;;/h14H,4-13H2,1-3H3;5-9H,3-4H2,1-2H3,(H,17,18);4H,1-3H3;6*1H4;/q;;;;;;;;;+1/p-1. The van der Waals surface area contributed by atoms with E-state index in [1.807, 2.05) is 0 Å². The van der Waals surface area contributed by atoms with Crippen molar-refractivity contribution in [3.63, 3.8) is 0 Å². The number of carbonyl (C=O) groups is 1. The predicted molar refractivity (Wildman–Crippen MR) is 200 cm³/mol. The zero-order chi connectivity index (χ0) is 30.5. The Balaban J connectivity index is -0.0000000696. The SMILES string of the molecule is C.C.C.C.C.C.CC(C)C.CC(C)CCc1ccc(C(=O)[N-]S(=O)(=O)C(F)(F)F)cc1.CCCCCCCCCCCC(C)C.[Na+]. The Labute approximate surface area is 310 Å². The summed E-state index contributed by atoms with van der Waals surface area (Å²) in [5.41, 5.74) is -4.85. The molecule has 0 heterocycles. The van der Waals surface area contributed by atoms with Gasteiger partial charge in [-0.2, -0.15) is 13.2 Å². The largest absolute Gasteiger partial charge is 1.00 e.